The fourth-order valence-electron chi connectivity index (χ4n) is 5.23. The summed E-state index contributed by atoms with van der Waals surface area (Å²) in [6.07, 6.45) is 7.20. The van der Waals surface area contributed by atoms with E-state index in [2.05, 4.69) is 21.9 Å². The Hall–Kier alpha value is -5.42. The highest BCUT2D eigenvalue weighted by atomic mass is 16.5. The van der Waals surface area contributed by atoms with Crippen LogP contribution in [0.1, 0.15) is 18.4 Å². The number of imidazole rings is 1. The summed E-state index contributed by atoms with van der Waals surface area (Å²) in [7, 11) is 5.31. The quantitative estimate of drug-likeness (QED) is 0.221. The second-order valence-electron chi connectivity index (χ2n) is 11.0. The van der Waals surface area contributed by atoms with Crippen molar-refractivity contribution in [3.8, 4) is 22.9 Å². The minimum Gasteiger partial charge on any atom is -0.493 e. The van der Waals surface area contributed by atoms with Gasteiger partial charge in [0.15, 0.2) is 23.0 Å². The van der Waals surface area contributed by atoms with Gasteiger partial charge in [-0.25, -0.2) is 19.3 Å². The average molecular weight is 606 g/mol. The van der Waals surface area contributed by atoms with Gasteiger partial charge in [-0.1, -0.05) is 42.5 Å². The first-order chi connectivity index (χ1) is 21.9. The molecule has 1 aliphatic carbocycles. The fraction of sp³-hybridized carbons (Fsp3) is 0.235. The van der Waals surface area contributed by atoms with Crippen LogP contribution in [0.5, 0.6) is 11.5 Å². The van der Waals surface area contributed by atoms with Crippen LogP contribution in [0.3, 0.4) is 0 Å². The molecule has 2 aromatic heterocycles. The third-order valence-electron chi connectivity index (χ3n) is 7.92. The molecule has 2 heterocycles. The Morgan fingerprint density at radius 1 is 0.978 bits per heavy atom. The number of likely N-dealkylation sites (N-methyl/N-ethyl adjacent to an activating group) is 2. The number of hydrogen-bond acceptors (Lipinski definition) is 8. The van der Waals surface area contributed by atoms with Gasteiger partial charge >= 0.3 is 5.69 Å². The smallest absolute Gasteiger partial charge is 0.339 e. The van der Waals surface area contributed by atoms with Crippen LogP contribution in [0.4, 0.5) is 11.5 Å². The molecule has 0 aliphatic heterocycles. The maximum atomic E-state index is 14.2. The van der Waals surface area contributed by atoms with E-state index in [0.29, 0.717) is 58.9 Å². The molecular formula is C34H35N7O4. The Bertz CT molecular complexity index is 1930. The first-order valence-electron chi connectivity index (χ1n) is 14.7. The number of fused-ring (bicyclic) bond motifs is 1. The van der Waals surface area contributed by atoms with Gasteiger partial charge in [0.2, 0.25) is 5.91 Å². The zero-order valence-electron chi connectivity index (χ0n) is 25.5. The summed E-state index contributed by atoms with van der Waals surface area (Å²) in [6, 6.07) is 22.8. The fourth-order valence-corrected chi connectivity index (χ4v) is 5.23. The van der Waals surface area contributed by atoms with Crippen molar-refractivity contribution in [1.29, 1.82) is 0 Å². The molecule has 1 aliphatic rings. The summed E-state index contributed by atoms with van der Waals surface area (Å²) in [5.74, 6) is 0.952. The van der Waals surface area contributed by atoms with Crippen molar-refractivity contribution in [3.63, 3.8) is 0 Å². The molecule has 0 bridgehead atoms. The second kappa shape index (κ2) is 12.7. The summed E-state index contributed by atoms with van der Waals surface area (Å²) in [4.78, 5) is 39.5. The number of carbonyl (C=O) groups is 1. The summed E-state index contributed by atoms with van der Waals surface area (Å²) >= 11 is 0. The lowest BCUT2D eigenvalue weighted by Gasteiger charge is -2.17. The van der Waals surface area contributed by atoms with Crippen molar-refractivity contribution < 1.29 is 14.3 Å². The number of methoxy groups -OCH3 is 1. The number of ether oxygens (including phenoxy) is 2. The first-order valence-corrected chi connectivity index (χ1v) is 14.7. The number of amides is 1. The third-order valence-corrected chi connectivity index (χ3v) is 7.92. The Balaban J connectivity index is 1.33. The number of nitrogens with two attached hydrogens (primary N) is 1. The monoisotopic (exact) mass is 605 g/mol. The molecule has 1 saturated carbocycles. The van der Waals surface area contributed by atoms with E-state index in [0.717, 1.165) is 5.56 Å². The molecule has 0 spiro atoms. The van der Waals surface area contributed by atoms with Crippen LogP contribution in [0.2, 0.25) is 0 Å². The summed E-state index contributed by atoms with van der Waals surface area (Å²) in [6.45, 7) is 1.07. The summed E-state index contributed by atoms with van der Waals surface area (Å²) in [5.41, 5.74) is 9.24. The molecule has 0 atom stereocenters. The second-order valence-corrected chi connectivity index (χ2v) is 11.0. The van der Waals surface area contributed by atoms with E-state index in [1.54, 1.807) is 61.5 Å². The van der Waals surface area contributed by atoms with E-state index < -0.39 is 5.69 Å². The Morgan fingerprint density at radius 2 is 1.76 bits per heavy atom. The molecule has 230 valence electrons. The Morgan fingerprint density at radius 3 is 2.51 bits per heavy atom. The molecule has 5 aromatic rings. The van der Waals surface area contributed by atoms with Crippen molar-refractivity contribution in [3.05, 3.63) is 107 Å². The van der Waals surface area contributed by atoms with Gasteiger partial charge in [-0.3, -0.25) is 14.3 Å². The van der Waals surface area contributed by atoms with Gasteiger partial charge in [0.05, 0.1) is 18.5 Å². The number of carbonyl (C=O) groups excluding carboxylic acids is 1. The number of nitrogen functional groups attached to an aromatic ring is 1. The maximum Gasteiger partial charge on any atom is 0.339 e. The summed E-state index contributed by atoms with van der Waals surface area (Å²) in [5, 5.41) is 0. The van der Waals surface area contributed by atoms with Crippen LogP contribution in [-0.4, -0.2) is 63.7 Å². The minimum atomic E-state index is -0.411. The molecule has 0 unspecified atom stereocenters. The van der Waals surface area contributed by atoms with E-state index in [1.807, 2.05) is 42.5 Å². The van der Waals surface area contributed by atoms with Gasteiger partial charge in [-0.05, 0) is 55.8 Å². The van der Waals surface area contributed by atoms with Crippen LogP contribution >= 0.6 is 0 Å². The SMILES string of the molecule is COc1cc(-n2c(=O)n(-c3cccc(N(C)C(=O)C=CCN(C)C4CC4)c3)c3ncnc(N)c32)ccc1OCc1ccccc1. The lowest BCUT2D eigenvalue weighted by atomic mass is 10.2. The van der Waals surface area contributed by atoms with E-state index >= 15 is 0 Å². The molecule has 45 heavy (non-hydrogen) atoms. The summed E-state index contributed by atoms with van der Waals surface area (Å²) < 4.78 is 14.6. The molecule has 3 aromatic carbocycles. The molecule has 0 radical (unpaired) electrons. The van der Waals surface area contributed by atoms with Crippen molar-refractivity contribution in [2.24, 2.45) is 0 Å². The highest BCUT2D eigenvalue weighted by molar-refractivity contribution is 6.01. The molecule has 11 heteroatoms. The lowest BCUT2D eigenvalue weighted by molar-refractivity contribution is -0.113. The van der Waals surface area contributed by atoms with Gasteiger partial charge < -0.3 is 20.1 Å². The number of benzene rings is 3. The Labute approximate surface area is 260 Å². The van der Waals surface area contributed by atoms with E-state index in [1.165, 1.54) is 28.3 Å². The zero-order valence-corrected chi connectivity index (χ0v) is 25.5. The highest BCUT2D eigenvalue weighted by Crippen LogP contribution is 2.32. The van der Waals surface area contributed by atoms with Gasteiger partial charge in [-0.15, -0.1) is 0 Å². The topological polar surface area (TPSA) is 121 Å². The number of rotatable bonds is 11. The number of hydrogen-bond donors (Lipinski definition) is 1. The van der Waals surface area contributed by atoms with Crippen LogP contribution in [0.25, 0.3) is 22.5 Å². The van der Waals surface area contributed by atoms with Crippen LogP contribution in [0, 0.1) is 0 Å². The normalized spacial score (nSPS) is 13.1. The highest BCUT2D eigenvalue weighted by Gasteiger charge is 2.25. The van der Waals surface area contributed by atoms with Gasteiger partial charge in [0, 0.05) is 37.5 Å². The first kappa shape index (κ1) is 29.6. The predicted molar refractivity (Wildman–Crippen MR) is 174 cm³/mol. The molecular weight excluding hydrogens is 570 g/mol. The van der Waals surface area contributed by atoms with Crippen LogP contribution in [0.15, 0.2) is 96.1 Å². The number of anilines is 2. The van der Waals surface area contributed by atoms with Crippen molar-refractivity contribution in [2.45, 2.75) is 25.5 Å². The van der Waals surface area contributed by atoms with Crippen molar-refractivity contribution in [2.75, 3.05) is 38.4 Å². The molecule has 2 N–H and O–H groups in total. The Kier molecular flexibility index (Phi) is 8.35. The molecule has 6 rings (SSSR count). The molecule has 11 nitrogen and oxygen atoms in total. The van der Waals surface area contributed by atoms with E-state index in [4.69, 9.17) is 15.2 Å². The lowest BCUT2D eigenvalue weighted by Crippen LogP contribution is -2.26. The number of nitrogens with zero attached hydrogens (tertiary/aromatic N) is 6. The van der Waals surface area contributed by atoms with Crippen LogP contribution in [-0.2, 0) is 11.4 Å². The predicted octanol–water partition coefficient (Wildman–Crippen LogP) is 4.35. The molecule has 1 fully saturated rings. The number of aromatic nitrogens is 4. The van der Waals surface area contributed by atoms with Gasteiger partial charge in [-0.2, -0.15) is 0 Å². The molecule has 1 amide bonds. The largest absolute Gasteiger partial charge is 0.493 e. The maximum absolute atomic E-state index is 14.2. The minimum absolute atomic E-state index is 0.143. The van der Waals surface area contributed by atoms with E-state index in [-0.39, 0.29) is 11.7 Å². The average Bonchev–Trinajstić information content (AvgIpc) is 3.87. The van der Waals surface area contributed by atoms with Gasteiger partial charge in [0.25, 0.3) is 0 Å². The third kappa shape index (κ3) is 6.16. The standard InChI is InChI=1S/C34H35N7O4/c1-38(24-14-15-24)18-8-13-30(42)39(2)25-11-7-12-26(19-25)41-33-31(32(35)36-22-37-33)40(34(41)43)27-16-17-28(29(20-27)44-3)45-21-23-9-5-4-6-10-23/h4-13,16-17,19-20,22,24H,14-15,18,21H2,1-3H3,(H2,35,36,37). The van der Waals surface area contributed by atoms with E-state index in [9.17, 15) is 9.59 Å². The van der Waals surface area contributed by atoms with Crippen molar-refractivity contribution >= 4 is 28.6 Å². The van der Waals surface area contributed by atoms with Crippen molar-refractivity contribution in [1.82, 2.24) is 24.0 Å². The molecule has 0 saturated heterocycles. The zero-order chi connectivity index (χ0) is 31.5. The van der Waals surface area contributed by atoms with Gasteiger partial charge in [0.1, 0.15) is 18.5 Å². The van der Waals surface area contributed by atoms with Crippen LogP contribution < -0.4 is 25.8 Å².